The third-order valence-corrected chi connectivity index (χ3v) is 6.74. The van der Waals surface area contributed by atoms with E-state index in [9.17, 15) is 14.4 Å². The number of para-hydroxylation sites is 1. The molecule has 0 bridgehead atoms. The number of carbonyl (C=O) groups is 2. The van der Waals surface area contributed by atoms with E-state index in [-0.39, 0.29) is 30.0 Å². The van der Waals surface area contributed by atoms with Gasteiger partial charge >= 0.3 is 0 Å². The van der Waals surface area contributed by atoms with Crippen LogP contribution in [0.3, 0.4) is 0 Å². The second-order valence-corrected chi connectivity index (χ2v) is 9.28. The predicted molar refractivity (Wildman–Crippen MR) is 129 cm³/mol. The Bertz CT molecular complexity index is 1340. The molecule has 0 atom stereocenters. The van der Waals surface area contributed by atoms with Crippen molar-refractivity contribution in [2.24, 2.45) is 0 Å². The molecule has 2 amide bonds. The van der Waals surface area contributed by atoms with E-state index < -0.39 is 11.5 Å². The van der Waals surface area contributed by atoms with Gasteiger partial charge in [-0.25, -0.2) is 4.98 Å². The molecule has 4 rings (SSSR count). The van der Waals surface area contributed by atoms with Crippen molar-refractivity contribution in [1.82, 2.24) is 15.0 Å². The van der Waals surface area contributed by atoms with E-state index >= 15 is 0 Å². The van der Waals surface area contributed by atoms with Crippen molar-refractivity contribution in [3.8, 4) is 5.75 Å². The van der Waals surface area contributed by atoms with E-state index in [0.29, 0.717) is 26.2 Å². The number of carbonyl (C=O) groups excluding carboxylic acids is 2. The fourth-order valence-corrected chi connectivity index (χ4v) is 4.67. The maximum absolute atomic E-state index is 12.9. The molecule has 33 heavy (non-hydrogen) atoms. The molecule has 0 aliphatic rings. The van der Waals surface area contributed by atoms with Crippen LogP contribution >= 0.6 is 39.0 Å². The molecular formula is C21H17BrN4O5S2. The van der Waals surface area contributed by atoms with Gasteiger partial charge in [-0.05, 0) is 51.6 Å². The van der Waals surface area contributed by atoms with E-state index in [1.165, 1.54) is 17.6 Å². The van der Waals surface area contributed by atoms with Crippen LogP contribution in [0.2, 0.25) is 0 Å². The number of amides is 2. The second-order valence-electron chi connectivity index (χ2n) is 6.57. The van der Waals surface area contributed by atoms with Crippen LogP contribution in [0, 0.1) is 0 Å². The van der Waals surface area contributed by atoms with Gasteiger partial charge < -0.3 is 14.5 Å². The van der Waals surface area contributed by atoms with Gasteiger partial charge in [0.1, 0.15) is 16.2 Å². The molecule has 2 N–H and O–H groups in total. The number of thiophene rings is 1. The molecule has 0 fully saturated rings. The molecule has 4 aromatic rings. The van der Waals surface area contributed by atoms with Crippen molar-refractivity contribution in [2.45, 2.75) is 11.7 Å². The van der Waals surface area contributed by atoms with Gasteiger partial charge in [0, 0.05) is 0 Å². The zero-order valence-electron chi connectivity index (χ0n) is 16.9. The summed E-state index contributed by atoms with van der Waals surface area (Å²) >= 11 is 5.61. The molecule has 0 spiro atoms. The van der Waals surface area contributed by atoms with Gasteiger partial charge in [-0.3, -0.25) is 19.8 Å². The summed E-state index contributed by atoms with van der Waals surface area (Å²) in [5.74, 6) is 0.294. The summed E-state index contributed by atoms with van der Waals surface area (Å²) in [6, 6.07) is 12.3. The standard InChI is InChI=1S/C21H17BrN4O5S2/c22-14-5-1-2-6-16(14)31-11-17(27)25-26-20(29)19-15(7-9-32-19)24-21(26)33-12-18(28)23-10-13-4-3-8-30-13/h1-9H,10-12H2,(H,23,28)(H,25,27). The summed E-state index contributed by atoms with van der Waals surface area (Å²) in [6.07, 6.45) is 1.53. The predicted octanol–water partition coefficient (Wildman–Crippen LogP) is 3.37. The number of aromatic nitrogens is 2. The quantitative estimate of drug-likeness (QED) is 0.243. The van der Waals surface area contributed by atoms with Crippen LogP contribution < -0.4 is 21.0 Å². The average Bonchev–Trinajstić information content (AvgIpc) is 3.50. The van der Waals surface area contributed by atoms with Crippen LogP contribution in [0.5, 0.6) is 5.75 Å². The number of halogens is 1. The summed E-state index contributed by atoms with van der Waals surface area (Å²) in [7, 11) is 0. The first-order valence-electron chi connectivity index (χ1n) is 9.60. The molecule has 0 saturated carbocycles. The zero-order valence-corrected chi connectivity index (χ0v) is 20.2. The Morgan fingerprint density at radius 1 is 1.18 bits per heavy atom. The highest BCUT2D eigenvalue weighted by Gasteiger charge is 2.17. The summed E-state index contributed by atoms with van der Waals surface area (Å²) in [6.45, 7) is -0.0649. The minimum atomic E-state index is -0.547. The number of fused-ring (bicyclic) bond motifs is 1. The van der Waals surface area contributed by atoms with Gasteiger partial charge in [-0.1, -0.05) is 23.9 Å². The molecule has 0 aliphatic heterocycles. The Morgan fingerprint density at radius 3 is 2.82 bits per heavy atom. The largest absolute Gasteiger partial charge is 0.483 e. The smallest absolute Gasteiger partial charge is 0.291 e. The first kappa shape index (κ1) is 23.1. The van der Waals surface area contributed by atoms with Crippen molar-refractivity contribution < 1.29 is 18.7 Å². The molecule has 3 aromatic heterocycles. The lowest BCUT2D eigenvalue weighted by molar-refractivity contribution is -0.119. The van der Waals surface area contributed by atoms with Gasteiger partial charge in [-0.15, -0.1) is 11.3 Å². The molecule has 12 heteroatoms. The molecular weight excluding hydrogens is 532 g/mol. The maximum Gasteiger partial charge on any atom is 0.291 e. The van der Waals surface area contributed by atoms with Crippen LogP contribution in [0.15, 0.2) is 72.9 Å². The van der Waals surface area contributed by atoms with Crippen molar-refractivity contribution in [2.75, 3.05) is 17.8 Å². The molecule has 3 heterocycles. The number of nitrogens with zero attached hydrogens (tertiary/aromatic N) is 2. The van der Waals surface area contributed by atoms with Crippen molar-refractivity contribution in [3.05, 3.63) is 74.7 Å². The SMILES string of the molecule is O=C(CSc1nc2ccsc2c(=O)n1NC(=O)COc1ccccc1Br)NCc1ccco1. The highest BCUT2D eigenvalue weighted by atomic mass is 79.9. The summed E-state index contributed by atoms with van der Waals surface area (Å²) < 4.78 is 12.9. The third kappa shape index (κ3) is 5.83. The number of rotatable bonds is 9. The first-order valence-corrected chi connectivity index (χ1v) is 12.3. The Balaban J connectivity index is 1.45. The molecule has 0 unspecified atom stereocenters. The van der Waals surface area contributed by atoms with Gasteiger partial charge in [0.25, 0.3) is 11.5 Å². The molecule has 9 nitrogen and oxygen atoms in total. The number of hydrogen-bond acceptors (Lipinski definition) is 8. The van der Waals surface area contributed by atoms with Crippen LogP contribution in [0.1, 0.15) is 5.76 Å². The van der Waals surface area contributed by atoms with Crippen molar-refractivity contribution in [1.29, 1.82) is 0 Å². The number of nitrogens with one attached hydrogen (secondary N) is 2. The Morgan fingerprint density at radius 2 is 2.03 bits per heavy atom. The van der Waals surface area contributed by atoms with Crippen LogP contribution in [-0.2, 0) is 16.1 Å². The van der Waals surface area contributed by atoms with E-state index in [2.05, 4.69) is 31.7 Å². The maximum atomic E-state index is 12.9. The number of furan rings is 1. The minimum Gasteiger partial charge on any atom is -0.483 e. The van der Waals surface area contributed by atoms with E-state index in [4.69, 9.17) is 9.15 Å². The second kappa shape index (κ2) is 10.7. The van der Waals surface area contributed by atoms with Crippen LogP contribution in [0.4, 0.5) is 0 Å². The number of ether oxygens (including phenoxy) is 1. The zero-order chi connectivity index (χ0) is 23.2. The highest BCUT2D eigenvalue weighted by Crippen LogP contribution is 2.24. The Labute approximate surface area is 204 Å². The fraction of sp³-hybridized carbons (Fsp3) is 0.143. The van der Waals surface area contributed by atoms with Crippen LogP contribution in [-0.4, -0.2) is 33.8 Å². The van der Waals surface area contributed by atoms with Gasteiger partial charge in [0.2, 0.25) is 5.91 Å². The lowest BCUT2D eigenvalue weighted by Crippen LogP contribution is -2.37. The van der Waals surface area contributed by atoms with Crippen molar-refractivity contribution in [3.63, 3.8) is 0 Å². The summed E-state index contributed by atoms with van der Waals surface area (Å²) in [5, 5.41) is 4.66. The monoisotopic (exact) mass is 548 g/mol. The number of benzene rings is 1. The highest BCUT2D eigenvalue weighted by molar-refractivity contribution is 9.10. The normalized spacial score (nSPS) is 10.8. The van der Waals surface area contributed by atoms with Crippen LogP contribution in [0.25, 0.3) is 10.2 Å². The summed E-state index contributed by atoms with van der Waals surface area (Å²) in [5.41, 5.74) is 2.60. The lowest BCUT2D eigenvalue weighted by Gasteiger charge is -2.13. The first-order chi connectivity index (χ1) is 16.0. The number of thioether (sulfide) groups is 1. The van der Waals surface area contributed by atoms with E-state index in [1.807, 2.05) is 6.07 Å². The molecule has 1 aromatic carbocycles. The molecule has 0 radical (unpaired) electrons. The Kier molecular flexibility index (Phi) is 7.47. The topological polar surface area (TPSA) is 115 Å². The third-order valence-electron chi connectivity index (χ3n) is 4.25. The average molecular weight is 549 g/mol. The molecule has 0 aliphatic carbocycles. The van der Waals surface area contributed by atoms with E-state index in [1.54, 1.807) is 41.8 Å². The van der Waals surface area contributed by atoms with Gasteiger partial charge in [0.05, 0.1) is 28.6 Å². The lowest BCUT2D eigenvalue weighted by atomic mass is 10.3. The molecule has 0 saturated heterocycles. The molecule has 170 valence electrons. The minimum absolute atomic E-state index is 0.00781. The fourth-order valence-electron chi connectivity index (χ4n) is 2.73. The summed E-state index contributed by atoms with van der Waals surface area (Å²) in [4.78, 5) is 42.1. The van der Waals surface area contributed by atoms with E-state index in [0.717, 1.165) is 16.4 Å². The van der Waals surface area contributed by atoms with Gasteiger partial charge in [-0.2, -0.15) is 4.68 Å². The Hall–Kier alpha value is -3.09. The van der Waals surface area contributed by atoms with Gasteiger partial charge in [0.15, 0.2) is 11.8 Å². The number of hydrogen-bond donors (Lipinski definition) is 2. The van der Waals surface area contributed by atoms with Crippen molar-refractivity contribution >= 4 is 61.1 Å².